The summed E-state index contributed by atoms with van der Waals surface area (Å²) in [5.41, 5.74) is 1.64. The molecule has 5 heterocycles. The van der Waals surface area contributed by atoms with Crippen molar-refractivity contribution < 1.29 is 32.2 Å². The van der Waals surface area contributed by atoms with Crippen molar-refractivity contribution in [3.05, 3.63) is 71.0 Å². The van der Waals surface area contributed by atoms with Gasteiger partial charge in [0, 0.05) is 44.6 Å². The van der Waals surface area contributed by atoms with Gasteiger partial charge in [-0.15, -0.1) is 0 Å². The van der Waals surface area contributed by atoms with Crippen LogP contribution in [0, 0.1) is 11.3 Å². The second-order valence-corrected chi connectivity index (χ2v) is 12.6. The van der Waals surface area contributed by atoms with Crippen molar-refractivity contribution in [2.24, 2.45) is 11.3 Å². The maximum absolute atomic E-state index is 13.1. The third-order valence-electron chi connectivity index (χ3n) is 7.10. The first-order chi connectivity index (χ1) is 21.7. The number of nitrogens with one attached hydrogen (secondary N) is 2. The van der Waals surface area contributed by atoms with Gasteiger partial charge in [-0.2, -0.15) is 28.1 Å². The van der Waals surface area contributed by atoms with Crippen molar-refractivity contribution in [2.75, 3.05) is 38.2 Å². The number of nitrogens with zero attached hydrogens (tertiary/aromatic N) is 4. The van der Waals surface area contributed by atoms with E-state index in [1.807, 2.05) is 56.9 Å². The number of rotatable bonds is 4. The first kappa shape index (κ1) is 34.5. The lowest BCUT2D eigenvalue weighted by atomic mass is 9.92. The summed E-state index contributed by atoms with van der Waals surface area (Å²) < 4.78 is 49.3. The number of carbonyl (C=O) groups excluding carboxylic acids is 2. The van der Waals surface area contributed by atoms with Crippen LogP contribution in [0.1, 0.15) is 67.8 Å². The Labute approximate surface area is 267 Å². The van der Waals surface area contributed by atoms with Gasteiger partial charge in [0.1, 0.15) is 11.6 Å². The Balaban J connectivity index is 1.58. The van der Waals surface area contributed by atoms with Crippen LogP contribution in [-0.4, -0.2) is 70.7 Å². The first-order valence-electron chi connectivity index (χ1n) is 15.3. The number of hydrogen-bond donors (Lipinski definition) is 2. The number of hydrogen-bond acceptors (Lipinski definition) is 8. The Morgan fingerprint density at radius 2 is 1.72 bits per heavy atom. The van der Waals surface area contributed by atoms with Gasteiger partial charge in [0.05, 0.1) is 6.61 Å². The van der Waals surface area contributed by atoms with Gasteiger partial charge in [0.15, 0.2) is 6.61 Å². The number of anilines is 1. The molecule has 1 aromatic heterocycles. The summed E-state index contributed by atoms with van der Waals surface area (Å²) in [7, 11) is 0. The molecule has 4 aliphatic heterocycles. The molecule has 0 fully saturated rings. The van der Waals surface area contributed by atoms with E-state index in [-0.39, 0.29) is 42.5 Å². The number of halogens is 3. The molecule has 248 valence electrons. The lowest BCUT2D eigenvalue weighted by molar-refractivity contribution is -0.154. The normalized spacial score (nSPS) is 16.3. The average molecular weight is 643 g/mol. The molecule has 7 rings (SSSR count). The highest BCUT2D eigenvalue weighted by Crippen LogP contribution is 2.21. The number of amides is 2. The summed E-state index contributed by atoms with van der Waals surface area (Å²) in [5, 5.41) is 6.01. The van der Waals surface area contributed by atoms with Crippen LogP contribution in [-0.2, 0) is 17.8 Å². The zero-order valence-electron chi connectivity index (χ0n) is 26.6. The van der Waals surface area contributed by atoms with Crippen LogP contribution in [0.4, 0.5) is 19.1 Å². The fraction of sp³-hybridized carbons (Fsp3) is 0.485. The van der Waals surface area contributed by atoms with Gasteiger partial charge in [0.25, 0.3) is 5.91 Å². The topological polar surface area (TPSA) is 119 Å². The molecule has 0 saturated carbocycles. The highest BCUT2D eigenvalue weighted by Gasteiger charge is 2.29. The second-order valence-electron chi connectivity index (χ2n) is 12.6. The van der Waals surface area contributed by atoms with E-state index in [0.717, 1.165) is 11.1 Å². The van der Waals surface area contributed by atoms with Gasteiger partial charge in [-0.25, -0.2) is 0 Å². The van der Waals surface area contributed by atoms with Crippen molar-refractivity contribution in [1.82, 2.24) is 25.2 Å². The van der Waals surface area contributed by atoms with Crippen molar-refractivity contribution in [2.45, 2.75) is 59.7 Å². The Kier molecular flexibility index (Phi) is 11.4. The molecule has 2 aromatic carbocycles. The maximum atomic E-state index is 13.1. The molecule has 6 bridgehead atoms. The summed E-state index contributed by atoms with van der Waals surface area (Å²) in [6, 6.07) is 13.7. The van der Waals surface area contributed by atoms with Gasteiger partial charge in [-0.05, 0) is 53.1 Å². The zero-order valence-corrected chi connectivity index (χ0v) is 26.6. The minimum atomic E-state index is -4.56. The molecule has 2 N–H and O–H groups in total. The summed E-state index contributed by atoms with van der Waals surface area (Å²) in [6.45, 7) is 8.56. The minimum Gasteiger partial charge on any atom is -0.494 e. The van der Waals surface area contributed by atoms with Crippen LogP contribution in [0.15, 0.2) is 48.5 Å². The fourth-order valence-electron chi connectivity index (χ4n) is 4.82. The van der Waals surface area contributed by atoms with Crippen LogP contribution in [0.3, 0.4) is 0 Å². The fourth-order valence-corrected chi connectivity index (χ4v) is 4.82. The number of aromatic nitrogens is 3. The quantitative estimate of drug-likeness (QED) is 0.387. The van der Waals surface area contributed by atoms with Gasteiger partial charge < -0.3 is 25.0 Å². The molecule has 3 aromatic rings. The van der Waals surface area contributed by atoms with Gasteiger partial charge in [-0.1, -0.05) is 52.0 Å². The van der Waals surface area contributed by atoms with Gasteiger partial charge >= 0.3 is 12.2 Å². The predicted octanol–water partition coefficient (Wildman–Crippen LogP) is 5.43. The molecule has 4 aliphatic rings. The van der Waals surface area contributed by atoms with E-state index in [2.05, 4.69) is 25.6 Å². The lowest BCUT2D eigenvalue weighted by Gasteiger charge is -2.33. The summed E-state index contributed by atoms with van der Waals surface area (Å²) in [6.07, 6.45) is -3.32. The smallest absolute Gasteiger partial charge is 0.422 e. The van der Waals surface area contributed by atoms with Gasteiger partial charge in [0.2, 0.25) is 11.9 Å². The SMILES string of the molecule is CC(C)CC(=O)N1CCCOc2ccc(cc2)CNc2nc(nc(OCC(F)(F)F)n2)Cc2ccc(cc2)C(=O)NCC(C)(C)C1. The van der Waals surface area contributed by atoms with E-state index in [1.165, 1.54) is 0 Å². The number of benzene rings is 2. The van der Waals surface area contributed by atoms with E-state index in [0.29, 0.717) is 50.4 Å². The van der Waals surface area contributed by atoms with Crippen molar-refractivity contribution >= 4 is 17.8 Å². The van der Waals surface area contributed by atoms with Crippen LogP contribution in [0.2, 0.25) is 0 Å². The highest BCUT2D eigenvalue weighted by molar-refractivity contribution is 5.94. The van der Waals surface area contributed by atoms with Crippen molar-refractivity contribution in [3.63, 3.8) is 0 Å². The molecule has 0 aliphatic carbocycles. The molecule has 0 unspecified atom stereocenters. The largest absolute Gasteiger partial charge is 0.494 e. The first-order valence-corrected chi connectivity index (χ1v) is 15.3. The van der Waals surface area contributed by atoms with Crippen LogP contribution >= 0.6 is 0 Å². The van der Waals surface area contributed by atoms with E-state index in [1.54, 1.807) is 24.3 Å². The molecule has 13 heteroatoms. The van der Waals surface area contributed by atoms with E-state index in [9.17, 15) is 22.8 Å². The van der Waals surface area contributed by atoms with E-state index in [4.69, 9.17) is 9.47 Å². The number of alkyl halides is 3. The molecule has 46 heavy (non-hydrogen) atoms. The van der Waals surface area contributed by atoms with E-state index >= 15 is 0 Å². The third kappa shape index (κ3) is 11.2. The van der Waals surface area contributed by atoms with Crippen molar-refractivity contribution in [1.29, 1.82) is 0 Å². The molecular weight excluding hydrogens is 601 g/mol. The lowest BCUT2D eigenvalue weighted by Crippen LogP contribution is -2.45. The number of carbonyl (C=O) groups is 2. The molecule has 0 saturated heterocycles. The molecule has 0 spiro atoms. The Hall–Kier alpha value is -4.42. The molecule has 0 atom stereocenters. The molecular formula is C33H41F3N6O4. The Morgan fingerprint density at radius 1 is 1.02 bits per heavy atom. The monoisotopic (exact) mass is 642 g/mol. The van der Waals surface area contributed by atoms with Crippen LogP contribution in [0.25, 0.3) is 0 Å². The molecule has 2 amide bonds. The van der Waals surface area contributed by atoms with Crippen LogP contribution in [0.5, 0.6) is 11.8 Å². The van der Waals surface area contributed by atoms with Crippen molar-refractivity contribution in [3.8, 4) is 11.8 Å². The zero-order chi connectivity index (χ0) is 33.3. The standard InChI is InChI=1S/C33H41F3N6O4/c1-22(2)16-28(43)42-14-5-15-45-26-12-8-24(9-13-26)18-37-30-39-27(40-31(41-30)46-21-33(34,35)36)17-23-6-10-25(11-7-23)29(44)38-19-32(3,4)20-42/h6-13,22H,5,14-21H2,1-4H3,(H,38,44)(H,37,39,40,41). The Bertz CT molecular complexity index is 1460. The Morgan fingerprint density at radius 3 is 2.39 bits per heavy atom. The molecule has 0 radical (unpaired) electrons. The number of ether oxygens (including phenoxy) is 2. The maximum Gasteiger partial charge on any atom is 0.422 e. The summed E-state index contributed by atoms with van der Waals surface area (Å²) in [5.74, 6) is 0.960. The summed E-state index contributed by atoms with van der Waals surface area (Å²) in [4.78, 5) is 40.5. The minimum absolute atomic E-state index is 0.0622. The summed E-state index contributed by atoms with van der Waals surface area (Å²) >= 11 is 0. The average Bonchev–Trinajstić information content (AvgIpc) is 2.99. The highest BCUT2D eigenvalue weighted by atomic mass is 19.4. The van der Waals surface area contributed by atoms with Gasteiger partial charge in [-0.3, -0.25) is 9.59 Å². The van der Waals surface area contributed by atoms with E-state index < -0.39 is 24.2 Å². The third-order valence-corrected chi connectivity index (χ3v) is 7.10. The molecule has 10 nitrogen and oxygen atoms in total. The van der Waals surface area contributed by atoms with Crippen LogP contribution < -0.4 is 20.1 Å². The predicted molar refractivity (Wildman–Crippen MR) is 167 cm³/mol. The second kappa shape index (κ2) is 15.2.